The number of amides is 3. The summed E-state index contributed by atoms with van der Waals surface area (Å²) >= 11 is 1.61. The Bertz CT molecular complexity index is 1170. The first-order valence-corrected chi connectivity index (χ1v) is 10.9. The van der Waals surface area contributed by atoms with Crippen LogP contribution in [0.1, 0.15) is 29.6 Å². The third kappa shape index (κ3) is 5.98. The summed E-state index contributed by atoms with van der Waals surface area (Å²) in [6.07, 6.45) is 0.704. The van der Waals surface area contributed by atoms with E-state index in [-0.39, 0.29) is 28.1 Å². The van der Waals surface area contributed by atoms with Gasteiger partial charge in [-0.1, -0.05) is 12.1 Å². The average Bonchev–Trinajstić information content (AvgIpc) is 3.10. The summed E-state index contributed by atoms with van der Waals surface area (Å²) in [5, 5.41) is 14.5. The van der Waals surface area contributed by atoms with Crippen LogP contribution in [-0.4, -0.2) is 56.4 Å². The number of anilines is 1. The lowest BCUT2D eigenvalue weighted by atomic mass is 10.1. The summed E-state index contributed by atoms with van der Waals surface area (Å²) in [6, 6.07) is 6.66. The molecule has 172 valence electrons. The van der Waals surface area contributed by atoms with E-state index in [4.69, 9.17) is 5.26 Å². The van der Waals surface area contributed by atoms with Gasteiger partial charge in [-0.2, -0.15) is 5.26 Å². The van der Waals surface area contributed by atoms with E-state index in [0.717, 1.165) is 4.90 Å². The summed E-state index contributed by atoms with van der Waals surface area (Å²) in [4.78, 5) is 53.2. The number of rotatable bonds is 7. The van der Waals surface area contributed by atoms with Crippen LogP contribution in [-0.2, 0) is 14.4 Å². The van der Waals surface area contributed by atoms with Gasteiger partial charge in [-0.05, 0) is 34.7 Å². The maximum Gasteiger partial charge on any atom is 0.268 e. The number of pyridine rings is 1. The maximum atomic E-state index is 13.6. The van der Waals surface area contributed by atoms with E-state index in [2.05, 4.69) is 15.6 Å². The first kappa shape index (κ1) is 24.4. The Kier molecular flexibility index (Phi) is 7.52. The number of para-hydroxylation sites is 1. The molecule has 1 aliphatic heterocycles. The Morgan fingerprint density at radius 1 is 1.24 bits per heavy atom. The van der Waals surface area contributed by atoms with Gasteiger partial charge in [-0.15, -0.1) is 0 Å². The fourth-order valence-electron chi connectivity index (χ4n) is 3.45. The van der Waals surface area contributed by atoms with Crippen LogP contribution in [0.15, 0.2) is 30.5 Å². The molecular formula is C21H18F2IN5O4. The van der Waals surface area contributed by atoms with Crippen molar-refractivity contribution >= 4 is 60.7 Å². The average molecular weight is 569 g/mol. The van der Waals surface area contributed by atoms with Crippen molar-refractivity contribution in [1.82, 2.24) is 15.2 Å². The zero-order valence-electron chi connectivity index (χ0n) is 17.1. The van der Waals surface area contributed by atoms with Crippen molar-refractivity contribution in [1.29, 1.82) is 5.26 Å². The lowest BCUT2D eigenvalue weighted by Crippen LogP contribution is -2.43. The lowest BCUT2D eigenvalue weighted by molar-refractivity contribution is -0.131. The second-order valence-corrected chi connectivity index (χ2v) is 8.58. The molecule has 1 fully saturated rings. The molecule has 1 aromatic heterocycles. The van der Waals surface area contributed by atoms with Crippen LogP contribution in [0.5, 0.6) is 0 Å². The smallest absolute Gasteiger partial charge is 0.268 e. The van der Waals surface area contributed by atoms with E-state index in [9.17, 15) is 28.0 Å². The number of likely N-dealkylation sites (tertiary alicyclic amines) is 1. The number of halogens is 3. The van der Waals surface area contributed by atoms with Gasteiger partial charge in [0.05, 0.1) is 35.9 Å². The van der Waals surface area contributed by atoms with Crippen LogP contribution in [0.4, 0.5) is 14.5 Å². The molecule has 0 spiro atoms. The van der Waals surface area contributed by atoms with Gasteiger partial charge >= 0.3 is 0 Å². The number of hydrogen-bond donors (Lipinski definition) is 2. The molecule has 12 heteroatoms. The molecule has 2 aromatic rings. The largest absolute Gasteiger partial charge is 0.343 e. The molecule has 3 amide bonds. The SMILES string of the molecule is N#C[C@@H]1CC(F)(F)CN1C(=O)CNC(=O)c1ccnc2c(NC(=O)CCC(=O)I)cccc12. The summed E-state index contributed by atoms with van der Waals surface area (Å²) < 4.78 is 27.0. The highest BCUT2D eigenvalue weighted by atomic mass is 127. The first-order chi connectivity index (χ1) is 15.6. The molecule has 1 atom stereocenters. The zero-order valence-corrected chi connectivity index (χ0v) is 19.3. The third-order valence-corrected chi connectivity index (χ3v) is 5.52. The van der Waals surface area contributed by atoms with Crippen LogP contribution in [0.2, 0.25) is 0 Å². The highest BCUT2D eigenvalue weighted by Crippen LogP contribution is 2.31. The molecule has 9 nitrogen and oxygen atoms in total. The van der Waals surface area contributed by atoms with Crippen molar-refractivity contribution in [2.45, 2.75) is 31.2 Å². The Morgan fingerprint density at radius 2 is 2.00 bits per heavy atom. The van der Waals surface area contributed by atoms with E-state index < -0.39 is 43.3 Å². The Morgan fingerprint density at radius 3 is 2.70 bits per heavy atom. The van der Waals surface area contributed by atoms with Crippen molar-refractivity contribution in [3.63, 3.8) is 0 Å². The molecule has 2 heterocycles. The van der Waals surface area contributed by atoms with Gasteiger partial charge in [0.1, 0.15) is 6.04 Å². The van der Waals surface area contributed by atoms with Crippen LogP contribution in [0.25, 0.3) is 10.9 Å². The molecule has 1 saturated heterocycles. The Labute approximate surface area is 200 Å². The van der Waals surface area contributed by atoms with Crippen LogP contribution < -0.4 is 10.6 Å². The number of fused-ring (bicyclic) bond motifs is 1. The highest BCUT2D eigenvalue weighted by molar-refractivity contribution is 14.1. The molecular weight excluding hydrogens is 551 g/mol. The Hall–Kier alpha value is -3.21. The third-order valence-electron chi connectivity index (χ3n) is 4.98. The van der Waals surface area contributed by atoms with Crippen LogP contribution in [0.3, 0.4) is 0 Å². The van der Waals surface area contributed by atoms with Crippen molar-refractivity contribution < 1.29 is 28.0 Å². The minimum absolute atomic E-state index is 0.000311. The fraction of sp³-hybridized carbons (Fsp3) is 0.333. The van der Waals surface area contributed by atoms with E-state index in [1.165, 1.54) is 12.3 Å². The first-order valence-electron chi connectivity index (χ1n) is 9.82. The molecule has 0 saturated carbocycles. The summed E-state index contributed by atoms with van der Waals surface area (Å²) in [6.45, 7) is -1.43. The lowest BCUT2D eigenvalue weighted by Gasteiger charge is -2.19. The van der Waals surface area contributed by atoms with E-state index in [1.807, 2.05) is 0 Å². The molecule has 0 unspecified atom stereocenters. The number of nitriles is 1. The predicted octanol–water partition coefficient (Wildman–Crippen LogP) is 2.40. The van der Waals surface area contributed by atoms with Gasteiger partial charge in [-0.3, -0.25) is 24.2 Å². The van der Waals surface area contributed by atoms with Gasteiger partial charge in [0.15, 0.2) is 3.79 Å². The normalized spacial score (nSPS) is 16.8. The second kappa shape index (κ2) is 10.2. The van der Waals surface area contributed by atoms with Gasteiger partial charge in [0.25, 0.3) is 11.8 Å². The van der Waals surface area contributed by atoms with Crippen molar-refractivity contribution in [2.24, 2.45) is 0 Å². The maximum absolute atomic E-state index is 13.6. The summed E-state index contributed by atoms with van der Waals surface area (Å²) in [5.41, 5.74) is 0.838. The quantitative estimate of drug-likeness (QED) is 0.389. The topological polar surface area (TPSA) is 132 Å². The van der Waals surface area contributed by atoms with Crippen molar-refractivity contribution in [3.8, 4) is 6.07 Å². The predicted molar refractivity (Wildman–Crippen MR) is 122 cm³/mol. The van der Waals surface area contributed by atoms with E-state index in [0.29, 0.717) is 16.6 Å². The van der Waals surface area contributed by atoms with Crippen molar-refractivity contribution in [2.75, 3.05) is 18.4 Å². The van der Waals surface area contributed by atoms with Gasteiger partial charge in [0.2, 0.25) is 11.8 Å². The summed E-state index contributed by atoms with van der Waals surface area (Å²) in [5.74, 6) is -4.96. The van der Waals surface area contributed by atoms with E-state index in [1.54, 1.807) is 46.9 Å². The number of hydrogen-bond acceptors (Lipinski definition) is 6. The number of nitrogens with zero attached hydrogens (tertiary/aromatic N) is 3. The highest BCUT2D eigenvalue weighted by Gasteiger charge is 2.47. The molecule has 2 N–H and O–H groups in total. The number of benzene rings is 1. The second-order valence-electron chi connectivity index (χ2n) is 7.37. The number of nitrogens with one attached hydrogen (secondary N) is 2. The molecule has 33 heavy (non-hydrogen) atoms. The fourth-order valence-corrected chi connectivity index (χ4v) is 3.72. The number of aromatic nitrogens is 1. The number of alkyl halides is 2. The minimum atomic E-state index is -3.15. The van der Waals surface area contributed by atoms with Gasteiger partial charge in [0, 0.05) is 30.8 Å². The van der Waals surface area contributed by atoms with Gasteiger partial charge < -0.3 is 15.5 Å². The molecule has 0 bridgehead atoms. The van der Waals surface area contributed by atoms with Crippen LogP contribution >= 0.6 is 22.6 Å². The van der Waals surface area contributed by atoms with Crippen LogP contribution in [0, 0.1) is 11.3 Å². The van der Waals surface area contributed by atoms with Gasteiger partial charge in [-0.25, -0.2) is 8.78 Å². The molecule has 0 aliphatic carbocycles. The zero-order chi connectivity index (χ0) is 24.2. The molecule has 3 rings (SSSR count). The summed E-state index contributed by atoms with van der Waals surface area (Å²) in [7, 11) is 0. The molecule has 0 radical (unpaired) electrons. The molecule has 1 aliphatic rings. The number of carbonyl (C=O) groups excluding carboxylic acids is 4. The molecule has 1 aromatic carbocycles. The number of carbonyl (C=O) groups is 4. The monoisotopic (exact) mass is 569 g/mol. The van der Waals surface area contributed by atoms with Crippen molar-refractivity contribution in [3.05, 3.63) is 36.0 Å². The minimum Gasteiger partial charge on any atom is -0.343 e. The Balaban J connectivity index is 1.73. The standard InChI is InChI=1S/C21H18F2IN5O4/c22-21(23)8-12(9-25)29(11-21)18(32)10-27-20(33)14-6-7-26-19-13(14)2-1-3-15(19)28-17(31)5-4-16(24)30/h1-3,6-7,12H,4-5,8,10-11H2,(H,27,33)(H,28,31)/t12-/m0/s1. The van der Waals surface area contributed by atoms with E-state index >= 15 is 0 Å².